The van der Waals surface area contributed by atoms with Gasteiger partial charge in [0.25, 0.3) is 0 Å². The third-order valence-corrected chi connectivity index (χ3v) is 6.26. The van der Waals surface area contributed by atoms with Gasteiger partial charge in [0.15, 0.2) is 0 Å². The van der Waals surface area contributed by atoms with E-state index in [9.17, 15) is 9.59 Å². The van der Waals surface area contributed by atoms with Crippen molar-refractivity contribution in [1.82, 2.24) is 29.5 Å². The SMILES string of the molecule is CCN(CC)C(=O)CN1CCN(C(=O)/C=C/c2cn(-c3ccccc3)nc2-c2cccnc2)CC1. The normalized spacial score (nSPS) is 14.4. The second-order valence-electron chi connectivity index (χ2n) is 8.46. The molecule has 0 radical (unpaired) electrons. The van der Waals surface area contributed by atoms with E-state index in [4.69, 9.17) is 5.10 Å². The molecule has 0 saturated carbocycles. The van der Waals surface area contributed by atoms with Crippen LogP contribution >= 0.6 is 0 Å². The Hall–Kier alpha value is -3.78. The van der Waals surface area contributed by atoms with Crippen molar-refractivity contribution in [2.24, 2.45) is 0 Å². The lowest BCUT2D eigenvalue weighted by Gasteiger charge is -2.34. The lowest BCUT2D eigenvalue weighted by molar-refractivity contribution is -0.133. The van der Waals surface area contributed by atoms with E-state index in [1.807, 2.05) is 83.1 Å². The van der Waals surface area contributed by atoms with Crippen LogP contribution in [-0.2, 0) is 9.59 Å². The molecule has 4 rings (SSSR count). The van der Waals surface area contributed by atoms with E-state index < -0.39 is 0 Å². The van der Waals surface area contributed by atoms with Crippen LogP contribution in [0.25, 0.3) is 23.0 Å². The Balaban J connectivity index is 1.44. The molecule has 0 spiro atoms. The summed E-state index contributed by atoms with van der Waals surface area (Å²) in [5.74, 6) is 0.109. The van der Waals surface area contributed by atoms with Crippen LogP contribution in [0.4, 0.5) is 0 Å². The second kappa shape index (κ2) is 11.6. The van der Waals surface area contributed by atoms with Crippen LogP contribution in [0.1, 0.15) is 19.4 Å². The molecule has 2 aromatic heterocycles. The molecule has 1 saturated heterocycles. The van der Waals surface area contributed by atoms with E-state index in [0.717, 1.165) is 35.6 Å². The molecule has 1 aliphatic rings. The van der Waals surface area contributed by atoms with Crippen molar-refractivity contribution in [2.75, 3.05) is 45.8 Å². The lowest BCUT2D eigenvalue weighted by Crippen LogP contribution is -2.51. The number of carbonyl (C=O) groups excluding carboxylic acids is 2. The Kier molecular flexibility index (Phi) is 8.05. The summed E-state index contributed by atoms with van der Waals surface area (Å²) in [6.45, 7) is 8.44. The fourth-order valence-corrected chi connectivity index (χ4v) is 4.21. The van der Waals surface area contributed by atoms with Crippen LogP contribution < -0.4 is 0 Å². The van der Waals surface area contributed by atoms with E-state index in [1.54, 1.807) is 18.5 Å². The van der Waals surface area contributed by atoms with Gasteiger partial charge in [0.1, 0.15) is 5.69 Å². The molecular weight excluding hydrogens is 440 g/mol. The minimum absolute atomic E-state index is 0.0377. The average molecular weight is 473 g/mol. The Bertz CT molecular complexity index is 1150. The molecule has 1 fully saturated rings. The Morgan fingerprint density at radius 3 is 2.40 bits per heavy atom. The zero-order valence-electron chi connectivity index (χ0n) is 20.4. The summed E-state index contributed by atoms with van der Waals surface area (Å²) in [5, 5.41) is 4.76. The number of carbonyl (C=O) groups is 2. The monoisotopic (exact) mass is 472 g/mol. The van der Waals surface area contributed by atoms with Gasteiger partial charge in [0, 0.05) is 75.1 Å². The minimum Gasteiger partial charge on any atom is -0.342 e. The van der Waals surface area contributed by atoms with Crippen LogP contribution in [0.2, 0.25) is 0 Å². The van der Waals surface area contributed by atoms with Gasteiger partial charge in [0.2, 0.25) is 11.8 Å². The van der Waals surface area contributed by atoms with Gasteiger partial charge in [-0.25, -0.2) is 4.68 Å². The number of nitrogens with zero attached hydrogens (tertiary/aromatic N) is 6. The molecule has 1 aliphatic heterocycles. The van der Waals surface area contributed by atoms with Crippen molar-refractivity contribution in [3.05, 3.63) is 72.7 Å². The van der Waals surface area contributed by atoms with Crippen molar-refractivity contribution in [3.63, 3.8) is 0 Å². The number of rotatable bonds is 8. The van der Waals surface area contributed by atoms with Gasteiger partial charge >= 0.3 is 0 Å². The zero-order chi connectivity index (χ0) is 24.6. The van der Waals surface area contributed by atoms with E-state index in [-0.39, 0.29) is 11.8 Å². The molecular formula is C27H32N6O2. The van der Waals surface area contributed by atoms with Crippen molar-refractivity contribution in [2.45, 2.75) is 13.8 Å². The summed E-state index contributed by atoms with van der Waals surface area (Å²) in [7, 11) is 0. The molecule has 8 heteroatoms. The Morgan fingerprint density at radius 1 is 1.00 bits per heavy atom. The first kappa shape index (κ1) is 24.3. The second-order valence-corrected chi connectivity index (χ2v) is 8.46. The number of hydrogen-bond acceptors (Lipinski definition) is 5. The first-order chi connectivity index (χ1) is 17.1. The third-order valence-electron chi connectivity index (χ3n) is 6.26. The van der Waals surface area contributed by atoms with Crippen LogP contribution in [0.15, 0.2) is 67.1 Å². The van der Waals surface area contributed by atoms with E-state index >= 15 is 0 Å². The molecule has 8 nitrogen and oxygen atoms in total. The molecule has 0 bridgehead atoms. The highest BCUT2D eigenvalue weighted by Crippen LogP contribution is 2.24. The van der Waals surface area contributed by atoms with E-state index in [2.05, 4.69) is 9.88 Å². The largest absolute Gasteiger partial charge is 0.342 e. The van der Waals surface area contributed by atoms with Crippen molar-refractivity contribution < 1.29 is 9.59 Å². The first-order valence-corrected chi connectivity index (χ1v) is 12.1. The number of para-hydroxylation sites is 1. The number of piperazine rings is 1. The van der Waals surface area contributed by atoms with Crippen molar-refractivity contribution in [3.8, 4) is 16.9 Å². The number of hydrogen-bond donors (Lipinski definition) is 0. The van der Waals surface area contributed by atoms with Gasteiger partial charge in [0.05, 0.1) is 12.2 Å². The Labute approximate surface area is 206 Å². The standard InChI is InChI=1S/C27H32N6O2/c1-3-31(4-2)26(35)21-30-15-17-32(18-16-30)25(34)13-12-23-20-33(24-10-6-5-7-11-24)29-27(23)22-9-8-14-28-19-22/h5-14,19-20H,3-4,15-18,21H2,1-2H3/b13-12+. The third kappa shape index (κ3) is 6.02. The quantitative estimate of drug-likeness (QED) is 0.471. The average Bonchev–Trinajstić information content (AvgIpc) is 3.34. The first-order valence-electron chi connectivity index (χ1n) is 12.1. The predicted molar refractivity (Wildman–Crippen MR) is 137 cm³/mol. The van der Waals surface area contributed by atoms with Gasteiger partial charge in [-0.3, -0.25) is 19.5 Å². The summed E-state index contributed by atoms with van der Waals surface area (Å²) in [6.07, 6.45) is 8.87. The molecule has 0 aliphatic carbocycles. The van der Waals surface area contributed by atoms with Gasteiger partial charge in [-0.2, -0.15) is 5.10 Å². The predicted octanol–water partition coefficient (Wildman–Crippen LogP) is 2.96. The number of aromatic nitrogens is 3. The van der Waals surface area contributed by atoms with Crippen molar-refractivity contribution in [1.29, 1.82) is 0 Å². The molecule has 3 aromatic rings. The van der Waals surface area contributed by atoms with Crippen LogP contribution in [-0.4, -0.2) is 87.1 Å². The fourth-order valence-electron chi connectivity index (χ4n) is 4.21. The summed E-state index contributed by atoms with van der Waals surface area (Å²) in [6, 6.07) is 13.7. The summed E-state index contributed by atoms with van der Waals surface area (Å²) >= 11 is 0. The van der Waals surface area contributed by atoms with Crippen molar-refractivity contribution >= 4 is 17.9 Å². The number of amides is 2. The summed E-state index contributed by atoms with van der Waals surface area (Å²) < 4.78 is 1.82. The van der Waals surface area contributed by atoms with Gasteiger partial charge < -0.3 is 9.80 Å². The lowest BCUT2D eigenvalue weighted by atomic mass is 10.1. The number of likely N-dealkylation sites (N-methyl/N-ethyl adjacent to an activating group) is 1. The molecule has 2 amide bonds. The minimum atomic E-state index is -0.0377. The fraction of sp³-hybridized carbons (Fsp3) is 0.333. The van der Waals surface area contributed by atoms with Gasteiger partial charge in [-0.15, -0.1) is 0 Å². The van der Waals surface area contributed by atoms with E-state index in [0.29, 0.717) is 32.7 Å². The molecule has 35 heavy (non-hydrogen) atoms. The van der Waals surface area contributed by atoms with E-state index in [1.165, 1.54) is 0 Å². The van der Waals surface area contributed by atoms with Crippen LogP contribution in [0.3, 0.4) is 0 Å². The van der Waals surface area contributed by atoms with Crippen LogP contribution in [0.5, 0.6) is 0 Å². The smallest absolute Gasteiger partial charge is 0.246 e. The molecule has 0 atom stereocenters. The highest BCUT2D eigenvalue weighted by atomic mass is 16.2. The maximum Gasteiger partial charge on any atom is 0.246 e. The highest BCUT2D eigenvalue weighted by Gasteiger charge is 2.22. The summed E-state index contributed by atoms with van der Waals surface area (Å²) in [5.41, 5.74) is 3.45. The maximum absolute atomic E-state index is 12.9. The molecule has 3 heterocycles. The topological polar surface area (TPSA) is 74.6 Å². The maximum atomic E-state index is 12.9. The van der Waals surface area contributed by atoms with Crippen LogP contribution in [0, 0.1) is 0 Å². The number of pyridine rings is 1. The summed E-state index contributed by atoms with van der Waals surface area (Å²) in [4.78, 5) is 35.3. The van der Waals surface area contributed by atoms with Gasteiger partial charge in [-0.05, 0) is 44.2 Å². The molecule has 182 valence electrons. The highest BCUT2D eigenvalue weighted by molar-refractivity contribution is 5.93. The molecule has 1 aromatic carbocycles. The Morgan fingerprint density at radius 2 is 1.74 bits per heavy atom. The zero-order valence-corrected chi connectivity index (χ0v) is 20.4. The molecule has 0 N–H and O–H groups in total. The molecule has 0 unspecified atom stereocenters. The number of benzene rings is 1. The van der Waals surface area contributed by atoms with Gasteiger partial charge in [-0.1, -0.05) is 18.2 Å².